The molecule has 1 unspecified atom stereocenters. The van der Waals surface area contributed by atoms with Crippen LogP contribution in [-0.2, 0) is 9.53 Å². The first-order valence-electron chi connectivity index (χ1n) is 9.85. The second-order valence-corrected chi connectivity index (χ2v) is 7.00. The fourth-order valence-electron chi connectivity index (χ4n) is 3.51. The van der Waals surface area contributed by atoms with Gasteiger partial charge in [-0.1, -0.05) is 0 Å². The van der Waals surface area contributed by atoms with Gasteiger partial charge in [0.2, 0.25) is 5.95 Å². The van der Waals surface area contributed by atoms with Gasteiger partial charge in [0.25, 0.3) is 0 Å². The van der Waals surface area contributed by atoms with E-state index in [9.17, 15) is 9.59 Å². The summed E-state index contributed by atoms with van der Waals surface area (Å²) in [5.41, 5.74) is 0.425. The van der Waals surface area contributed by atoms with Crippen LogP contribution in [0.15, 0.2) is 36.7 Å². The van der Waals surface area contributed by atoms with Gasteiger partial charge in [0.1, 0.15) is 6.04 Å². The van der Waals surface area contributed by atoms with Gasteiger partial charge in [-0.25, -0.2) is 14.8 Å². The summed E-state index contributed by atoms with van der Waals surface area (Å²) in [6, 6.07) is 6.26. The molecule has 2 aromatic rings. The average Bonchev–Trinajstić information content (AvgIpc) is 3.02. The van der Waals surface area contributed by atoms with Crippen LogP contribution in [-0.4, -0.2) is 54.1 Å². The molecule has 0 aliphatic carbocycles. The smallest absolute Gasteiger partial charge is 0.329 e. The van der Waals surface area contributed by atoms with Crippen LogP contribution in [0.2, 0.25) is 0 Å². The summed E-state index contributed by atoms with van der Waals surface area (Å²) >= 11 is 0. The van der Waals surface area contributed by atoms with E-state index in [1.54, 1.807) is 36.7 Å². The van der Waals surface area contributed by atoms with Crippen LogP contribution >= 0.6 is 0 Å². The van der Waals surface area contributed by atoms with Crippen molar-refractivity contribution in [3.05, 3.63) is 42.2 Å². The van der Waals surface area contributed by atoms with Crippen molar-refractivity contribution in [3.63, 3.8) is 0 Å². The Morgan fingerprint density at radius 2 is 1.86 bits per heavy atom. The summed E-state index contributed by atoms with van der Waals surface area (Å²) in [4.78, 5) is 35.6. The van der Waals surface area contributed by atoms with E-state index in [0.29, 0.717) is 49.2 Å². The van der Waals surface area contributed by atoms with Crippen LogP contribution in [0.5, 0.6) is 11.5 Å². The van der Waals surface area contributed by atoms with Gasteiger partial charge < -0.3 is 19.1 Å². The third kappa shape index (κ3) is 4.47. The number of Topliss-reactive ketones (excluding diaryl/α,β-unsaturated/α-hetero) is 1. The molecule has 0 bridgehead atoms. The standard InChI is InChI=1S/C21H23N3O5/c25-17(15-6-7-18-19(13-15)28-12-4-11-27-18)14-29-20(26)16-5-1-2-10-24(16)21-22-8-3-9-23-21/h3,6-9,13,16H,1-2,4-5,10-12,14H2. The number of fused-ring (bicyclic) bond motifs is 1. The molecule has 4 rings (SSSR count). The SMILES string of the molecule is O=C(COC(=O)C1CCCCN1c1ncccn1)c1ccc2c(c1)OCCCO2. The summed E-state index contributed by atoms with van der Waals surface area (Å²) in [7, 11) is 0. The highest BCUT2D eigenvalue weighted by atomic mass is 16.5. The molecular weight excluding hydrogens is 374 g/mol. The summed E-state index contributed by atoms with van der Waals surface area (Å²) in [6.45, 7) is 1.48. The van der Waals surface area contributed by atoms with E-state index in [4.69, 9.17) is 14.2 Å². The lowest BCUT2D eigenvalue weighted by Crippen LogP contribution is -2.46. The van der Waals surface area contributed by atoms with E-state index in [1.807, 2.05) is 4.90 Å². The molecule has 0 saturated carbocycles. The molecule has 0 amide bonds. The normalized spacial score (nSPS) is 18.6. The molecule has 29 heavy (non-hydrogen) atoms. The molecule has 152 valence electrons. The number of ketones is 1. The van der Waals surface area contributed by atoms with E-state index in [2.05, 4.69) is 9.97 Å². The van der Waals surface area contributed by atoms with Gasteiger partial charge in [0.15, 0.2) is 23.9 Å². The maximum absolute atomic E-state index is 12.7. The van der Waals surface area contributed by atoms with Gasteiger partial charge in [-0.05, 0) is 43.5 Å². The zero-order valence-electron chi connectivity index (χ0n) is 16.1. The first kappa shape index (κ1) is 19.2. The van der Waals surface area contributed by atoms with Crippen LogP contribution < -0.4 is 14.4 Å². The van der Waals surface area contributed by atoms with Gasteiger partial charge in [0, 0.05) is 30.9 Å². The minimum atomic E-state index is -0.484. The Hall–Kier alpha value is -3.16. The highest BCUT2D eigenvalue weighted by Crippen LogP contribution is 2.30. The number of carbonyl (C=O) groups excluding carboxylic acids is 2. The van der Waals surface area contributed by atoms with Crippen molar-refractivity contribution in [2.75, 3.05) is 31.3 Å². The highest BCUT2D eigenvalue weighted by Gasteiger charge is 2.32. The Labute approximate surface area is 168 Å². The second kappa shape index (κ2) is 8.89. The minimum Gasteiger partial charge on any atom is -0.490 e. The zero-order valence-corrected chi connectivity index (χ0v) is 16.1. The lowest BCUT2D eigenvalue weighted by atomic mass is 10.0. The third-order valence-corrected chi connectivity index (χ3v) is 5.00. The molecule has 2 aliphatic rings. The lowest BCUT2D eigenvalue weighted by molar-refractivity contribution is -0.144. The van der Waals surface area contributed by atoms with E-state index < -0.39 is 12.0 Å². The molecule has 8 nitrogen and oxygen atoms in total. The minimum absolute atomic E-state index is 0.285. The molecule has 1 saturated heterocycles. The quantitative estimate of drug-likeness (QED) is 0.561. The van der Waals surface area contributed by atoms with Crippen LogP contribution in [0, 0.1) is 0 Å². The van der Waals surface area contributed by atoms with Crippen molar-refractivity contribution in [1.82, 2.24) is 9.97 Å². The maximum atomic E-state index is 12.7. The Morgan fingerprint density at radius 3 is 2.69 bits per heavy atom. The fraction of sp³-hybridized carbons (Fsp3) is 0.429. The van der Waals surface area contributed by atoms with Crippen molar-refractivity contribution >= 4 is 17.7 Å². The number of carbonyl (C=O) groups is 2. The van der Waals surface area contributed by atoms with Crippen LogP contribution in [0.25, 0.3) is 0 Å². The second-order valence-electron chi connectivity index (χ2n) is 7.00. The van der Waals surface area contributed by atoms with Gasteiger partial charge in [-0.3, -0.25) is 4.79 Å². The van der Waals surface area contributed by atoms with Crippen LogP contribution in [0.1, 0.15) is 36.0 Å². The number of anilines is 1. The van der Waals surface area contributed by atoms with Gasteiger partial charge in [0.05, 0.1) is 13.2 Å². The largest absolute Gasteiger partial charge is 0.490 e. The van der Waals surface area contributed by atoms with Crippen molar-refractivity contribution in [1.29, 1.82) is 0 Å². The zero-order chi connectivity index (χ0) is 20.1. The molecule has 0 N–H and O–H groups in total. The molecule has 3 heterocycles. The number of rotatable bonds is 5. The van der Waals surface area contributed by atoms with Crippen molar-refractivity contribution in [3.8, 4) is 11.5 Å². The predicted octanol–water partition coefficient (Wildman–Crippen LogP) is 2.42. The first-order chi connectivity index (χ1) is 14.2. The molecule has 1 atom stereocenters. The lowest BCUT2D eigenvalue weighted by Gasteiger charge is -2.33. The number of benzene rings is 1. The number of hydrogen-bond acceptors (Lipinski definition) is 8. The van der Waals surface area contributed by atoms with Crippen molar-refractivity contribution in [2.24, 2.45) is 0 Å². The van der Waals surface area contributed by atoms with Crippen LogP contribution in [0.3, 0.4) is 0 Å². The van der Waals surface area contributed by atoms with E-state index in [-0.39, 0.29) is 12.4 Å². The highest BCUT2D eigenvalue weighted by molar-refractivity contribution is 5.98. The fourth-order valence-corrected chi connectivity index (χ4v) is 3.51. The van der Waals surface area contributed by atoms with E-state index in [0.717, 1.165) is 19.3 Å². The van der Waals surface area contributed by atoms with Gasteiger partial charge in [-0.2, -0.15) is 0 Å². The molecule has 1 fully saturated rings. The topological polar surface area (TPSA) is 90.9 Å². The van der Waals surface area contributed by atoms with Crippen molar-refractivity contribution in [2.45, 2.75) is 31.7 Å². The molecule has 2 aliphatic heterocycles. The number of nitrogens with zero attached hydrogens (tertiary/aromatic N) is 3. The van der Waals surface area contributed by atoms with Gasteiger partial charge >= 0.3 is 5.97 Å². The number of hydrogen-bond donors (Lipinski definition) is 0. The van der Waals surface area contributed by atoms with E-state index >= 15 is 0 Å². The predicted molar refractivity (Wildman–Crippen MR) is 104 cm³/mol. The maximum Gasteiger partial charge on any atom is 0.329 e. The molecule has 1 aromatic heterocycles. The monoisotopic (exact) mass is 397 g/mol. The number of piperidine rings is 1. The Balaban J connectivity index is 1.39. The van der Waals surface area contributed by atoms with E-state index in [1.165, 1.54) is 0 Å². The molecule has 0 spiro atoms. The Kier molecular flexibility index (Phi) is 5.88. The summed E-state index contributed by atoms with van der Waals surface area (Å²) in [5.74, 6) is 0.951. The third-order valence-electron chi connectivity index (χ3n) is 5.00. The van der Waals surface area contributed by atoms with Crippen molar-refractivity contribution < 1.29 is 23.8 Å². The number of esters is 1. The van der Waals surface area contributed by atoms with Crippen LogP contribution in [0.4, 0.5) is 5.95 Å². The molecule has 0 radical (unpaired) electrons. The number of aromatic nitrogens is 2. The summed E-state index contributed by atoms with van der Waals surface area (Å²) in [5, 5.41) is 0. The Morgan fingerprint density at radius 1 is 1.07 bits per heavy atom. The summed E-state index contributed by atoms with van der Waals surface area (Å²) in [6.07, 6.45) is 6.60. The molecular formula is C21H23N3O5. The first-order valence-corrected chi connectivity index (χ1v) is 9.85. The van der Waals surface area contributed by atoms with Gasteiger partial charge in [-0.15, -0.1) is 0 Å². The molecule has 1 aromatic carbocycles. The number of ether oxygens (including phenoxy) is 3. The molecule has 8 heteroatoms. The Bertz CT molecular complexity index is 874. The average molecular weight is 397 g/mol. The summed E-state index contributed by atoms with van der Waals surface area (Å²) < 4.78 is 16.6.